The number of carboxylic acid groups (broad SMARTS) is 1. The highest BCUT2D eigenvalue weighted by atomic mass is 32.2. The minimum absolute atomic E-state index is 0.0459. The van der Waals surface area contributed by atoms with E-state index in [9.17, 15) is 13.2 Å². The van der Waals surface area contributed by atoms with Gasteiger partial charge in [0.1, 0.15) is 0 Å². The maximum absolute atomic E-state index is 11.6. The Morgan fingerprint density at radius 3 is 2.44 bits per heavy atom. The summed E-state index contributed by atoms with van der Waals surface area (Å²) >= 11 is 0. The summed E-state index contributed by atoms with van der Waals surface area (Å²) in [4.78, 5) is 10.4. The Bertz CT molecular complexity index is 369. The molecular weight excluding hydrogens is 232 g/mol. The summed E-state index contributed by atoms with van der Waals surface area (Å²) in [5.74, 6) is -2.22. The molecule has 0 aliphatic heterocycles. The lowest BCUT2D eigenvalue weighted by Crippen LogP contribution is -2.38. The molecule has 0 radical (unpaired) electrons. The fourth-order valence-corrected chi connectivity index (χ4v) is 2.56. The van der Waals surface area contributed by atoms with Gasteiger partial charge in [-0.15, -0.1) is 0 Å². The van der Waals surface area contributed by atoms with E-state index in [0.717, 1.165) is 4.31 Å². The van der Waals surface area contributed by atoms with Crippen LogP contribution in [0.5, 0.6) is 0 Å². The number of hydrogen-bond acceptors (Lipinski definition) is 4. The number of hydrogen-bond donors (Lipinski definition) is 1. The summed E-state index contributed by atoms with van der Waals surface area (Å²) < 4.78 is 24.3. The molecule has 0 aliphatic carbocycles. The van der Waals surface area contributed by atoms with Crippen LogP contribution in [0.25, 0.3) is 0 Å². The zero-order valence-corrected chi connectivity index (χ0v) is 10.2. The van der Waals surface area contributed by atoms with Crippen molar-refractivity contribution in [3.05, 3.63) is 0 Å². The van der Waals surface area contributed by atoms with Crippen LogP contribution in [0.1, 0.15) is 20.3 Å². The van der Waals surface area contributed by atoms with E-state index in [2.05, 4.69) is 0 Å². The SMILES string of the molecule is CC(C)CN(CCC#N)S(=O)(=O)CC(=O)O. The Morgan fingerprint density at radius 2 is 2.06 bits per heavy atom. The smallest absolute Gasteiger partial charge is 0.320 e. The van der Waals surface area contributed by atoms with E-state index in [1.54, 1.807) is 0 Å². The van der Waals surface area contributed by atoms with Crippen LogP contribution >= 0.6 is 0 Å². The molecule has 1 N–H and O–H groups in total. The third kappa shape index (κ3) is 5.68. The van der Waals surface area contributed by atoms with Crippen LogP contribution in [0.3, 0.4) is 0 Å². The van der Waals surface area contributed by atoms with E-state index in [0.29, 0.717) is 0 Å². The van der Waals surface area contributed by atoms with Crippen molar-refractivity contribution in [2.45, 2.75) is 20.3 Å². The van der Waals surface area contributed by atoms with Gasteiger partial charge in [-0.05, 0) is 5.92 Å². The Balaban J connectivity index is 4.73. The minimum Gasteiger partial charge on any atom is -0.480 e. The molecule has 0 heterocycles. The van der Waals surface area contributed by atoms with Crippen molar-refractivity contribution in [2.24, 2.45) is 5.92 Å². The fraction of sp³-hybridized carbons (Fsp3) is 0.778. The second kappa shape index (κ2) is 6.45. The first-order valence-electron chi connectivity index (χ1n) is 4.86. The highest BCUT2D eigenvalue weighted by Crippen LogP contribution is 2.07. The summed E-state index contributed by atoms with van der Waals surface area (Å²) in [6, 6.07) is 1.84. The Labute approximate surface area is 95.5 Å². The van der Waals surface area contributed by atoms with Crippen LogP contribution in [0, 0.1) is 17.2 Å². The summed E-state index contributed by atoms with van der Waals surface area (Å²) in [6.45, 7) is 3.94. The van der Waals surface area contributed by atoms with Gasteiger partial charge in [-0.2, -0.15) is 5.26 Å². The number of sulfonamides is 1. The van der Waals surface area contributed by atoms with Crippen molar-refractivity contribution in [1.29, 1.82) is 5.26 Å². The van der Waals surface area contributed by atoms with Crippen LogP contribution in [-0.4, -0.2) is 42.6 Å². The molecule has 0 bridgehead atoms. The van der Waals surface area contributed by atoms with E-state index in [1.807, 2.05) is 19.9 Å². The van der Waals surface area contributed by atoms with Gasteiger partial charge >= 0.3 is 5.97 Å². The van der Waals surface area contributed by atoms with Crippen molar-refractivity contribution >= 4 is 16.0 Å². The molecule has 0 aromatic rings. The van der Waals surface area contributed by atoms with E-state index >= 15 is 0 Å². The van der Waals surface area contributed by atoms with Gasteiger partial charge in [0.15, 0.2) is 5.75 Å². The molecule has 0 unspecified atom stereocenters. The van der Waals surface area contributed by atoms with Gasteiger partial charge in [0.05, 0.1) is 6.07 Å². The van der Waals surface area contributed by atoms with Crippen molar-refractivity contribution in [2.75, 3.05) is 18.8 Å². The second-order valence-electron chi connectivity index (χ2n) is 3.81. The van der Waals surface area contributed by atoms with Crippen LogP contribution in [0.15, 0.2) is 0 Å². The highest BCUT2D eigenvalue weighted by molar-refractivity contribution is 7.89. The van der Waals surface area contributed by atoms with Crippen LogP contribution in [-0.2, 0) is 14.8 Å². The third-order valence-electron chi connectivity index (χ3n) is 1.74. The molecule has 7 heteroatoms. The van der Waals surface area contributed by atoms with Crippen LogP contribution in [0.4, 0.5) is 0 Å². The second-order valence-corrected chi connectivity index (χ2v) is 5.78. The molecule has 0 fully saturated rings. The van der Waals surface area contributed by atoms with Crippen molar-refractivity contribution in [3.63, 3.8) is 0 Å². The molecule has 16 heavy (non-hydrogen) atoms. The van der Waals surface area contributed by atoms with Crippen LogP contribution in [0.2, 0.25) is 0 Å². The molecule has 0 aliphatic rings. The van der Waals surface area contributed by atoms with Crippen molar-refractivity contribution in [3.8, 4) is 6.07 Å². The van der Waals surface area contributed by atoms with Gasteiger partial charge < -0.3 is 5.11 Å². The first kappa shape index (κ1) is 14.9. The van der Waals surface area contributed by atoms with Crippen LogP contribution < -0.4 is 0 Å². The van der Waals surface area contributed by atoms with Gasteiger partial charge in [0.2, 0.25) is 10.0 Å². The first-order valence-corrected chi connectivity index (χ1v) is 6.47. The van der Waals surface area contributed by atoms with Crippen molar-refractivity contribution in [1.82, 2.24) is 4.31 Å². The maximum atomic E-state index is 11.6. The summed E-state index contributed by atoms with van der Waals surface area (Å²) in [7, 11) is -3.81. The molecule has 92 valence electrons. The zero-order valence-electron chi connectivity index (χ0n) is 9.38. The normalized spacial score (nSPS) is 11.7. The summed E-state index contributed by atoms with van der Waals surface area (Å²) in [5, 5.41) is 16.9. The molecule has 0 atom stereocenters. The first-order chi connectivity index (χ1) is 7.29. The number of nitrogens with zero attached hydrogens (tertiary/aromatic N) is 2. The molecule has 0 aromatic heterocycles. The number of aliphatic carboxylic acids is 1. The number of carbonyl (C=O) groups is 1. The standard InChI is InChI=1S/C9H16N2O4S/c1-8(2)6-11(5-3-4-10)16(14,15)7-9(12)13/h8H,3,5-7H2,1-2H3,(H,12,13). The van der Waals surface area contributed by atoms with E-state index in [4.69, 9.17) is 10.4 Å². The highest BCUT2D eigenvalue weighted by Gasteiger charge is 2.25. The summed E-state index contributed by atoms with van der Waals surface area (Å²) in [6.07, 6.45) is 0.0611. The Hall–Kier alpha value is -1.13. The molecule has 6 nitrogen and oxygen atoms in total. The molecule has 0 saturated heterocycles. The van der Waals surface area contributed by atoms with Crippen molar-refractivity contribution < 1.29 is 18.3 Å². The largest absolute Gasteiger partial charge is 0.480 e. The lowest BCUT2D eigenvalue weighted by Gasteiger charge is -2.21. The van der Waals surface area contributed by atoms with Gasteiger partial charge in [0.25, 0.3) is 0 Å². The van der Waals surface area contributed by atoms with Gasteiger partial charge in [-0.3, -0.25) is 4.79 Å². The van der Waals surface area contributed by atoms with Gasteiger partial charge in [0, 0.05) is 19.5 Å². The minimum atomic E-state index is -3.81. The molecule has 0 aromatic carbocycles. The Morgan fingerprint density at radius 1 is 1.50 bits per heavy atom. The summed E-state index contributed by atoms with van der Waals surface area (Å²) in [5.41, 5.74) is 0. The quantitative estimate of drug-likeness (QED) is 0.697. The van der Waals surface area contributed by atoms with E-state index in [1.165, 1.54) is 0 Å². The molecule has 0 saturated carbocycles. The van der Waals surface area contributed by atoms with E-state index in [-0.39, 0.29) is 25.4 Å². The number of carboxylic acids is 1. The molecule has 0 amide bonds. The Kier molecular flexibility index (Phi) is 6.00. The third-order valence-corrected chi connectivity index (χ3v) is 3.47. The monoisotopic (exact) mass is 248 g/mol. The number of rotatable bonds is 7. The topological polar surface area (TPSA) is 98.5 Å². The molecule has 0 rings (SSSR count). The van der Waals surface area contributed by atoms with Gasteiger partial charge in [-0.25, -0.2) is 12.7 Å². The average Bonchev–Trinajstić information content (AvgIpc) is 2.09. The average molecular weight is 248 g/mol. The predicted octanol–water partition coefficient (Wildman–Crippen LogP) is 0.272. The zero-order chi connectivity index (χ0) is 12.8. The van der Waals surface area contributed by atoms with E-state index < -0.39 is 21.7 Å². The fourth-order valence-electron chi connectivity index (χ4n) is 1.17. The lowest BCUT2D eigenvalue weighted by molar-refractivity contribution is -0.134. The van der Waals surface area contributed by atoms with Gasteiger partial charge in [-0.1, -0.05) is 13.8 Å². The molecular formula is C9H16N2O4S. The maximum Gasteiger partial charge on any atom is 0.320 e. The lowest BCUT2D eigenvalue weighted by atomic mass is 10.2. The predicted molar refractivity (Wildman–Crippen MR) is 58.1 cm³/mol. The molecule has 0 spiro atoms. The number of nitriles is 1.